The Labute approximate surface area is 158 Å². The lowest BCUT2D eigenvalue weighted by atomic mass is 10.2. The number of halogens is 2. The molecular formula is C17H13BrClNO4S. The third-order valence-corrected chi connectivity index (χ3v) is 6.50. The van der Waals surface area contributed by atoms with Gasteiger partial charge in [0.15, 0.2) is 4.91 Å². The van der Waals surface area contributed by atoms with Crippen molar-refractivity contribution in [2.24, 2.45) is 0 Å². The molecule has 8 heteroatoms. The third-order valence-electron chi connectivity index (χ3n) is 3.83. The van der Waals surface area contributed by atoms with Gasteiger partial charge in [-0.1, -0.05) is 33.6 Å². The van der Waals surface area contributed by atoms with Gasteiger partial charge >= 0.3 is 5.97 Å². The largest absolute Gasteiger partial charge is 0.465 e. The van der Waals surface area contributed by atoms with Gasteiger partial charge < -0.3 is 9.64 Å². The van der Waals surface area contributed by atoms with Gasteiger partial charge in [0.05, 0.1) is 17.7 Å². The van der Waals surface area contributed by atoms with Crippen molar-refractivity contribution >= 4 is 54.7 Å². The fraction of sp³-hybridized carbons (Fsp3) is 0.118. The summed E-state index contributed by atoms with van der Waals surface area (Å²) in [7, 11) is -2.84. The first-order valence-electron chi connectivity index (χ1n) is 7.16. The Morgan fingerprint density at radius 2 is 1.92 bits per heavy atom. The van der Waals surface area contributed by atoms with Crippen molar-refractivity contribution in [1.82, 2.24) is 0 Å². The third kappa shape index (κ3) is 3.07. The summed E-state index contributed by atoms with van der Waals surface area (Å²) in [6.07, 6.45) is 1.26. The second kappa shape index (κ2) is 6.48. The Kier molecular flexibility index (Phi) is 4.66. The fourth-order valence-corrected chi connectivity index (χ4v) is 4.48. The van der Waals surface area contributed by atoms with E-state index >= 15 is 0 Å². The average molecular weight is 443 g/mol. The van der Waals surface area contributed by atoms with E-state index in [4.69, 9.17) is 11.6 Å². The SMILES string of the molecule is COC(=O)C1=CN(c2ccc(C)c(Cl)c2)c2cc(Br)ccc2S1(=O)=O. The molecule has 0 spiro atoms. The summed E-state index contributed by atoms with van der Waals surface area (Å²) in [5.41, 5.74) is 1.94. The Morgan fingerprint density at radius 1 is 1.20 bits per heavy atom. The monoisotopic (exact) mass is 441 g/mol. The van der Waals surface area contributed by atoms with Crippen molar-refractivity contribution in [1.29, 1.82) is 0 Å². The normalized spacial score (nSPS) is 15.4. The zero-order chi connectivity index (χ0) is 18.4. The molecule has 0 N–H and O–H groups in total. The maximum atomic E-state index is 12.8. The molecule has 0 aromatic heterocycles. The van der Waals surface area contributed by atoms with Crippen LogP contribution in [0.3, 0.4) is 0 Å². The van der Waals surface area contributed by atoms with Crippen LogP contribution in [-0.2, 0) is 19.4 Å². The van der Waals surface area contributed by atoms with Gasteiger partial charge in [0, 0.05) is 21.4 Å². The number of carbonyl (C=O) groups excluding carboxylic acids is 1. The number of methoxy groups -OCH3 is 1. The first kappa shape index (κ1) is 18.0. The van der Waals surface area contributed by atoms with Crippen molar-refractivity contribution in [2.75, 3.05) is 12.0 Å². The van der Waals surface area contributed by atoms with E-state index in [0.29, 0.717) is 20.9 Å². The summed E-state index contributed by atoms with van der Waals surface area (Å²) in [5.74, 6) is -0.920. The Hall–Kier alpha value is -1.83. The number of ether oxygens (including phenoxy) is 1. The van der Waals surface area contributed by atoms with E-state index in [1.54, 1.807) is 29.2 Å². The second-order valence-corrected chi connectivity index (χ2v) is 8.61. The number of nitrogens with zero attached hydrogens (tertiary/aromatic N) is 1. The Balaban J connectivity index is 2.30. The lowest BCUT2D eigenvalue weighted by molar-refractivity contribution is -0.135. The molecule has 0 amide bonds. The summed E-state index contributed by atoms with van der Waals surface area (Å²) < 4.78 is 30.9. The Bertz CT molecular complexity index is 1020. The van der Waals surface area contributed by atoms with E-state index in [1.807, 2.05) is 13.0 Å². The van der Waals surface area contributed by atoms with Crippen molar-refractivity contribution in [3.63, 3.8) is 0 Å². The van der Waals surface area contributed by atoms with Crippen molar-refractivity contribution in [3.8, 4) is 0 Å². The lowest BCUT2D eigenvalue weighted by Gasteiger charge is -2.29. The number of benzene rings is 2. The molecule has 0 radical (unpaired) electrons. The van der Waals surface area contributed by atoms with Gasteiger partial charge in [0.2, 0.25) is 9.84 Å². The predicted molar refractivity (Wildman–Crippen MR) is 99.8 cm³/mol. The molecular weight excluding hydrogens is 430 g/mol. The van der Waals surface area contributed by atoms with Crippen LogP contribution in [0.2, 0.25) is 5.02 Å². The van der Waals surface area contributed by atoms with Crippen LogP contribution in [0.15, 0.2) is 56.9 Å². The minimum absolute atomic E-state index is 0.0234. The van der Waals surface area contributed by atoms with E-state index in [9.17, 15) is 13.2 Å². The average Bonchev–Trinajstić information content (AvgIpc) is 2.56. The number of fused-ring (bicyclic) bond motifs is 1. The van der Waals surface area contributed by atoms with Crippen LogP contribution in [0.5, 0.6) is 0 Å². The highest BCUT2D eigenvalue weighted by Crippen LogP contribution is 2.41. The number of hydrogen-bond donors (Lipinski definition) is 0. The molecule has 1 aliphatic rings. The molecule has 130 valence electrons. The first-order chi connectivity index (χ1) is 11.8. The van der Waals surface area contributed by atoms with Gasteiger partial charge in [0.1, 0.15) is 0 Å². The molecule has 0 saturated heterocycles. The topological polar surface area (TPSA) is 63.7 Å². The van der Waals surface area contributed by atoms with E-state index in [2.05, 4.69) is 20.7 Å². The standard InChI is InChI=1S/C17H13BrClNO4S/c1-10-3-5-12(8-13(10)19)20-9-16(17(21)24-2)25(22,23)15-6-4-11(18)7-14(15)20/h3-9H,1-2H3. The zero-order valence-corrected chi connectivity index (χ0v) is 16.4. The smallest absolute Gasteiger partial charge is 0.351 e. The first-order valence-corrected chi connectivity index (χ1v) is 9.81. The van der Waals surface area contributed by atoms with E-state index in [1.165, 1.54) is 12.3 Å². The van der Waals surface area contributed by atoms with Crippen LogP contribution in [0.25, 0.3) is 0 Å². The van der Waals surface area contributed by atoms with Gasteiger partial charge in [-0.25, -0.2) is 13.2 Å². The van der Waals surface area contributed by atoms with Gasteiger partial charge in [-0.15, -0.1) is 0 Å². The predicted octanol–water partition coefficient (Wildman–Crippen LogP) is 4.35. The maximum Gasteiger partial charge on any atom is 0.351 e. The van der Waals surface area contributed by atoms with Gasteiger partial charge in [-0.2, -0.15) is 0 Å². The highest BCUT2D eigenvalue weighted by Gasteiger charge is 2.36. The molecule has 1 aliphatic heterocycles. The van der Waals surface area contributed by atoms with Crippen LogP contribution in [0.4, 0.5) is 11.4 Å². The molecule has 0 bridgehead atoms. The van der Waals surface area contributed by atoms with Crippen LogP contribution in [-0.4, -0.2) is 21.5 Å². The minimum atomic E-state index is -3.98. The molecule has 0 aliphatic carbocycles. The highest BCUT2D eigenvalue weighted by atomic mass is 79.9. The summed E-state index contributed by atoms with van der Waals surface area (Å²) in [4.78, 5) is 13.2. The summed E-state index contributed by atoms with van der Waals surface area (Å²) in [6, 6.07) is 10.1. The van der Waals surface area contributed by atoms with Gasteiger partial charge in [-0.05, 0) is 42.8 Å². The molecule has 2 aromatic carbocycles. The molecule has 3 rings (SSSR count). The number of hydrogen-bond acceptors (Lipinski definition) is 5. The Morgan fingerprint density at radius 3 is 2.56 bits per heavy atom. The number of anilines is 2. The van der Waals surface area contributed by atoms with Crippen LogP contribution in [0.1, 0.15) is 5.56 Å². The van der Waals surface area contributed by atoms with Crippen molar-refractivity contribution in [2.45, 2.75) is 11.8 Å². The maximum absolute atomic E-state index is 12.8. The zero-order valence-electron chi connectivity index (χ0n) is 13.3. The van der Waals surface area contributed by atoms with Crippen LogP contribution >= 0.6 is 27.5 Å². The molecule has 25 heavy (non-hydrogen) atoms. The number of sulfone groups is 1. The van der Waals surface area contributed by atoms with E-state index in [0.717, 1.165) is 12.7 Å². The summed E-state index contributed by atoms with van der Waals surface area (Å²) >= 11 is 9.56. The van der Waals surface area contributed by atoms with E-state index < -0.39 is 20.7 Å². The number of aryl methyl sites for hydroxylation is 1. The minimum Gasteiger partial charge on any atom is -0.465 e. The molecule has 1 heterocycles. The number of carbonyl (C=O) groups is 1. The molecule has 0 atom stereocenters. The quantitative estimate of drug-likeness (QED) is 0.647. The van der Waals surface area contributed by atoms with Gasteiger partial charge in [-0.3, -0.25) is 0 Å². The number of esters is 1. The van der Waals surface area contributed by atoms with Crippen LogP contribution in [0, 0.1) is 6.92 Å². The summed E-state index contributed by atoms with van der Waals surface area (Å²) in [5, 5.41) is 0.537. The lowest BCUT2D eigenvalue weighted by Crippen LogP contribution is -2.26. The van der Waals surface area contributed by atoms with Gasteiger partial charge in [0.25, 0.3) is 0 Å². The van der Waals surface area contributed by atoms with Crippen molar-refractivity contribution < 1.29 is 17.9 Å². The molecule has 5 nitrogen and oxygen atoms in total. The van der Waals surface area contributed by atoms with Crippen LogP contribution < -0.4 is 4.90 Å². The molecule has 0 fully saturated rings. The molecule has 2 aromatic rings. The summed E-state index contributed by atoms with van der Waals surface area (Å²) in [6.45, 7) is 1.87. The second-order valence-electron chi connectivity index (χ2n) is 5.40. The fourth-order valence-electron chi connectivity index (χ4n) is 2.49. The molecule has 0 unspecified atom stereocenters. The highest BCUT2D eigenvalue weighted by molar-refractivity contribution is 9.10. The number of rotatable bonds is 2. The molecule has 0 saturated carbocycles. The van der Waals surface area contributed by atoms with Crippen molar-refractivity contribution in [3.05, 3.63) is 62.6 Å². The van der Waals surface area contributed by atoms with E-state index in [-0.39, 0.29) is 4.90 Å².